The van der Waals surface area contributed by atoms with Gasteiger partial charge in [0.2, 0.25) is 5.91 Å². The third kappa shape index (κ3) is 4.39. The third-order valence-electron chi connectivity index (χ3n) is 4.22. The summed E-state index contributed by atoms with van der Waals surface area (Å²) in [5.41, 5.74) is 2.45. The van der Waals surface area contributed by atoms with E-state index < -0.39 is 6.09 Å². The molecule has 1 aliphatic heterocycles. The van der Waals surface area contributed by atoms with Crippen molar-refractivity contribution in [2.75, 3.05) is 19.6 Å². The lowest BCUT2D eigenvalue weighted by atomic mass is 10.2. The van der Waals surface area contributed by atoms with Crippen molar-refractivity contribution in [1.29, 1.82) is 0 Å². The lowest BCUT2D eigenvalue weighted by molar-refractivity contribution is -0.136. The molecule has 0 spiro atoms. The molecular formula is C20H19N3O3. The Balaban J connectivity index is 1.50. The highest BCUT2D eigenvalue weighted by Gasteiger charge is 2.28. The third-order valence-corrected chi connectivity index (χ3v) is 4.22. The smallest absolute Gasteiger partial charge is 0.410 e. The molecule has 0 radical (unpaired) electrons. The molecule has 2 aromatic rings. The summed E-state index contributed by atoms with van der Waals surface area (Å²) >= 11 is 0. The average molecular weight is 349 g/mol. The van der Waals surface area contributed by atoms with E-state index in [1.54, 1.807) is 17.0 Å². The molecule has 2 aromatic carbocycles. The van der Waals surface area contributed by atoms with E-state index in [-0.39, 0.29) is 19.1 Å². The van der Waals surface area contributed by atoms with E-state index in [0.29, 0.717) is 25.3 Å². The lowest BCUT2D eigenvalue weighted by Crippen LogP contribution is -2.51. The number of carbonyl (C=O) groups excluding carboxylic acids is 2. The van der Waals surface area contributed by atoms with Crippen molar-refractivity contribution in [2.45, 2.75) is 13.2 Å². The minimum atomic E-state index is -0.469. The molecular weight excluding hydrogens is 330 g/mol. The zero-order valence-corrected chi connectivity index (χ0v) is 14.3. The SMILES string of the molecule is [C-]#[N+]c1ccc(CN2CCN(C(=O)OCc3ccccc3)CC2=O)cc1. The molecule has 0 aliphatic carbocycles. The summed E-state index contributed by atoms with van der Waals surface area (Å²) in [6.45, 7) is 8.56. The number of hydrogen-bond donors (Lipinski definition) is 0. The van der Waals surface area contributed by atoms with E-state index in [1.165, 1.54) is 4.90 Å². The first-order valence-electron chi connectivity index (χ1n) is 8.35. The van der Waals surface area contributed by atoms with E-state index in [9.17, 15) is 9.59 Å². The van der Waals surface area contributed by atoms with Crippen molar-refractivity contribution in [3.63, 3.8) is 0 Å². The fraction of sp³-hybridized carbons (Fsp3) is 0.250. The zero-order valence-electron chi connectivity index (χ0n) is 14.3. The fourth-order valence-electron chi connectivity index (χ4n) is 2.74. The van der Waals surface area contributed by atoms with Crippen LogP contribution in [-0.4, -0.2) is 41.4 Å². The van der Waals surface area contributed by atoms with Gasteiger partial charge >= 0.3 is 6.09 Å². The predicted octanol–water partition coefficient (Wildman–Crippen LogP) is 3.22. The van der Waals surface area contributed by atoms with E-state index in [2.05, 4.69) is 4.85 Å². The van der Waals surface area contributed by atoms with Gasteiger partial charge in [0.25, 0.3) is 0 Å². The van der Waals surface area contributed by atoms with Gasteiger partial charge in [-0.25, -0.2) is 9.64 Å². The quantitative estimate of drug-likeness (QED) is 0.797. The average Bonchev–Trinajstić information content (AvgIpc) is 2.69. The zero-order chi connectivity index (χ0) is 18.4. The summed E-state index contributed by atoms with van der Waals surface area (Å²) in [6.07, 6.45) is -0.469. The molecule has 1 aliphatic rings. The molecule has 0 unspecified atom stereocenters. The highest BCUT2D eigenvalue weighted by Crippen LogP contribution is 2.16. The summed E-state index contributed by atoms with van der Waals surface area (Å²) in [5.74, 6) is -0.109. The first-order chi connectivity index (χ1) is 12.7. The number of piperazine rings is 1. The van der Waals surface area contributed by atoms with Gasteiger partial charge in [0.15, 0.2) is 5.69 Å². The summed E-state index contributed by atoms with van der Waals surface area (Å²) in [6, 6.07) is 16.6. The molecule has 0 atom stereocenters. The van der Waals surface area contributed by atoms with Crippen LogP contribution in [0.15, 0.2) is 54.6 Å². The lowest BCUT2D eigenvalue weighted by Gasteiger charge is -2.33. The summed E-state index contributed by atoms with van der Waals surface area (Å²) in [7, 11) is 0. The molecule has 1 heterocycles. The molecule has 1 fully saturated rings. The summed E-state index contributed by atoms with van der Waals surface area (Å²) < 4.78 is 5.28. The van der Waals surface area contributed by atoms with Crippen LogP contribution in [0.5, 0.6) is 0 Å². The van der Waals surface area contributed by atoms with E-state index in [4.69, 9.17) is 11.3 Å². The maximum atomic E-state index is 12.3. The molecule has 132 valence electrons. The Labute approximate surface area is 152 Å². The van der Waals surface area contributed by atoms with Crippen LogP contribution < -0.4 is 0 Å². The van der Waals surface area contributed by atoms with E-state index in [1.807, 2.05) is 42.5 Å². The van der Waals surface area contributed by atoms with Crippen molar-refractivity contribution in [1.82, 2.24) is 9.80 Å². The molecule has 0 N–H and O–H groups in total. The van der Waals surface area contributed by atoms with Crippen LogP contribution in [0.25, 0.3) is 4.85 Å². The van der Waals surface area contributed by atoms with Crippen LogP contribution in [0.4, 0.5) is 10.5 Å². The van der Waals surface area contributed by atoms with Gasteiger partial charge in [0, 0.05) is 19.6 Å². The second-order valence-electron chi connectivity index (χ2n) is 6.06. The number of carbonyl (C=O) groups is 2. The van der Waals surface area contributed by atoms with Gasteiger partial charge in [0.05, 0.1) is 6.57 Å². The Bertz CT molecular complexity index is 812. The van der Waals surface area contributed by atoms with Crippen LogP contribution in [0.1, 0.15) is 11.1 Å². The molecule has 2 amide bonds. The molecule has 3 rings (SSSR count). The van der Waals surface area contributed by atoms with Gasteiger partial charge in [-0.2, -0.15) is 0 Å². The van der Waals surface area contributed by atoms with E-state index >= 15 is 0 Å². The minimum Gasteiger partial charge on any atom is -0.445 e. The summed E-state index contributed by atoms with van der Waals surface area (Å²) in [5, 5.41) is 0. The van der Waals surface area contributed by atoms with Crippen molar-refractivity contribution < 1.29 is 14.3 Å². The Morgan fingerprint density at radius 2 is 1.77 bits per heavy atom. The Morgan fingerprint density at radius 3 is 2.42 bits per heavy atom. The number of hydrogen-bond acceptors (Lipinski definition) is 3. The molecule has 1 saturated heterocycles. The normalized spacial score (nSPS) is 14.0. The van der Waals surface area contributed by atoms with Crippen LogP contribution in [0.2, 0.25) is 0 Å². The van der Waals surface area contributed by atoms with E-state index in [0.717, 1.165) is 11.1 Å². The first kappa shape index (κ1) is 17.5. The van der Waals surface area contributed by atoms with Crippen LogP contribution in [0, 0.1) is 6.57 Å². The molecule has 26 heavy (non-hydrogen) atoms. The maximum Gasteiger partial charge on any atom is 0.410 e. The highest BCUT2D eigenvalue weighted by molar-refractivity contribution is 5.83. The maximum absolute atomic E-state index is 12.3. The number of nitrogens with zero attached hydrogens (tertiary/aromatic N) is 3. The second kappa shape index (κ2) is 8.17. The van der Waals surface area contributed by atoms with Crippen molar-refractivity contribution >= 4 is 17.7 Å². The van der Waals surface area contributed by atoms with Gasteiger partial charge in [-0.1, -0.05) is 54.6 Å². The monoisotopic (exact) mass is 349 g/mol. The fourth-order valence-corrected chi connectivity index (χ4v) is 2.74. The Morgan fingerprint density at radius 1 is 1.04 bits per heavy atom. The minimum absolute atomic E-state index is 0.0216. The Hall–Kier alpha value is -3.33. The van der Waals surface area contributed by atoms with Crippen LogP contribution in [-0.2, 0) is 22.7 Å². The van der Waals surface area contributed by atoms with Crippen molar-refractivity contribution in [2.24, 2.45) is 0 Å². The number of ether oxygens (including phenoxy) is 1. The van der Waals surface area contributed by atoms with Crippen LogP contribution >= 0.6 is 0 Å². The Kier molecular flexibility index (Phi) is 5.49. The standard InChI is InChI=1S/C20H19N3O3/c1-21-18-9-7-16(8-10-18)13-22-11-12-23(14-19(22)24)20(25)26-15-17-5-3-2-4-6-17/h2-10H,11-15H2. The molecule has 6 heteroatoms. The first-order valence-corrected chi connectivity index (χ1v) is 8.35. The van der Waals surface area contributed by atoms with Gasteiger partial charge in [-0.05, 0) is 11.1 Å². The molecule has 6 nitrogen and oxygen atoms in total. The topological polar surface area (TPSA) is 54.2 Å². The van der Waals surface area contributed by atoms with Gasteiger partial charge < -0.3 is 9.64 Å². The summed E-state index contributed by atoms with van der Waals surface area (Å²) in [4.78, 5) is 31.0. The largest absolute Gasteiger partial charge is 0.445 e. The highest BCUT2D eigenvalue weighted by atomic mass is 16.6. The number of amides is 2. The van der Waals surface area contributed by atoms with Crippen LogP contribution in [0.3, 0.4) is 0 Å². The molecule has 0 bridgehead atoms. The molecule has 0 saturated carbocycles. The van der Waals surface area contributed by atoms with Crippen molar-refractivity contribution in [3.8, 4) is 0 Å². The number of benzene rings is 2. The van der Waals surface area contributed by atoms with Crippen molar-refractivity contribution in [3.05, 3.63) is 77.1 Å². The predicted molar refractivity (Wildman–Crippen MR) is 96.3 cm³/mol. The van der Waals surface area contributed by atoms with Gasteiger partial charge in [-0.15, -0.1) is 0 Å². The van der Waals surface area contributed by atoms with Gasteiger partial charge in [-0.3, -0.25) is 9.69 Å². The number of rotatable bonds is 4. The molecule has 0 aromatic heterocycles. The van der Waals surface area contributed by atoms with Gasteiger partial charge in [0.1, 0.15) is 13.2 Å². The second-order valence-corrected chi connectivity index (χ2v) is 6.06.